The number of hydrogen-bond acceptors (Lipinski definition) is 3. The van der Waals surface area contributed by atoms with Crippen LogP contribution in [0.5, 0.6) is 0 Å². The molecule has 6 heteroatoms. The monoisotopic (exact) mass is 261 g/mol. The van der Waals surface area contributed by atoms with E-state index in [1.165, 1.54) is 18.3 Å². The van der Waals surface area contributed by atoms with Crippen LogP contribution in [-0.2, 0) is 0 Å². The van der Waals surface area contributed by atoms with Gasteiger partial charge in [-0.15, -0.1) is 0 Å². The van der Waals surface area contributed by atoms with Crippen molar-refractivity contribution in [3.63, 3.8) is 0 Å². The molecule has 2 amide bonds. The molecule has 1 aromatic heterocycles. The highest BCUT2D eigenvalue weighted by molar-refractivity contribution is 5.89. The van der Waals surface area contributed by atoms with Crippen LogP contribution < -0.4 is 10.6 Å². The third-order valence-corrected chi connectivity index (χ3v) is 2.25. The highest BCUT2D eigenvalue weighted by atomic mass is 19.1. The lowest BCUT2D eigenvalue weighted by Crippen LogP contribution is -2.23. The van der Waals surface area contributed by atoms with Crippen molar-refractivity contribution in [1.82, 2.24) is 10.5 Å². The Morgan fingerprint density at radius 1 is 1.42 bits per heavy atom. The summed E-state index contributed by atoms with van der Waals surface area (Å²) in [7, 11) is 0. The van der Waals surface area contributed by atoms with Crippen molar-refractivity contribution in [3.05, 3.63) is 53.7 Å². The summed E-state index contributed by atoms with van der Waals surface area (Å²) in [6.45, 7) is 1.72. The van der Waals surface area contributed by atoms with Gasteiger partial charge < -0.3 is 9.84 Å². The molecule has 2 aromatic rings. The number of rotatable bonds is 3. The number of urea groups is 1. The van der Waals surface area contributed by atoms with Crippen molar-refractivity contribution >= 4 is 17.9 Å². The van der Waals surface area contributed by atoms with Gasteiger partial charge in [-0.25, -0.2) is 9.18 Å². The van der Waals surface area contributed by atoms with Crippen molar-refractivity contribution in [3.8, 4) is 0 Å². The summed E-state index contributed by atoms with van der Waals surface area (Å²) in [5, 5.41) is 8.51. The topological polar surface area (TPSA) is 67.2 Å². The van der Waals surface area contributed by atoms with Crippen LogP contribution in [0.25, 0.3) is 6.08 Å². The van der Waals surface area contributed by atoms with Gasteiger partial charge in [-0.3, -0.25) is 5.32 Å². The van der Waals surface area contributed by atoms with Crippen LogP contribution in [-0.4, -0.2) is 11.2 Å². The summed E-state index contributed by atoms with van der Waals surface area (Å²) < 4.78 is 18.1. The minimum Gasteiger partial charge on any atom is -0.360 e. The first-order chi connectivity index (χ1) is 9.15. The number of aromatic nitrogens is 1. The number of aryl methyl sites for hydroxylation is 1. The maximum atomic E-state index is 13.3. The molecule has 0 spiro atoms. The minimum absolute atomic E-state index is 0.314. The molecule has 0 saturated carbocycles. The fraction of sp³-hybridized carbons (Fsp3) is 0.0769. The van der Waals surface area contributed by atoms with Gasteiger partial charge in [0.2, 0.25) is 0 Å². The van der Waals surface area contributed by atoms with Crippen molar-refractivity contribution in [2.45, 2.75) is 6.92 Å². The Hall–Kier alpha value is -2.63. The number of halogens is 1. The van der Waals surface area contributed by atoms with E-state index in [1.54, 1.807) is 31.2 Å². The number of nitrogens with one attached hydrogen (secondary N) is 2. The van der Waals surface area contributed by atoms with Gasteiger partial charge in [-0.2, -0.15) is 0 Å². The molecule has 0 bridgehead atoms. The molecule has 0 atom stereocenters. The molecule has 2 rings (SSSR count). The summed E-state index contributed by atoms with van der Waals surface area (Å²) >= 11 is 0. The maximum Gasteiger partial charge on any atom is 0.324 e. The minimum atomic E-state index is -0.485. The summed E-state index contributed by atoms with van der Waals surface area (Å²) in [5.41, 5.74) is 0.389. The van der Waals surface area contributed by atoms with Crippen molar-refractivity contribution in [2.75, 3.05) is 5.32 Å². The third-order valence-electron chi connectivity index (χ3n) is 2.25. The van der Waals surface area contributed by atoms with E-state index in [1.807, 2.05) is 0 Å². The average Bonchev–Trinajstić information content (AvgIpc) is 2.77. The first-order valence-electron chi connectivity index (χ1n) is 5.57. The zero-order chi connectivity index (χ0) is 13.7. The Morgan fingerprint density at radius 3 is 2.89 bits per heavy atom. The van der Waals surface area contributed by atoms with Crippen LogP contribution in [0.3, 0.4) is 0 Å². The number of hydrogen-bond donors (Lipinski definition) is 2. The van der Waals surface area contributed by atoms with Crippen molar-refractivity contribution < 1.29 is 13.7 Å². The normalized spacial score (nSPS) is 10.6. The lowest BCUT2D eigenvalue weighted by atomic mass is 10.2. The molecule has 1 heterocycles. The number of amides is 2. The second-order valence-corrected chi connectivity index (χ2v) is 3.78. The van der Waals surface area contributed by atoms with Gasteiger partial charge >= 0.3 is 6.03 Å². The van der Waals surface area contributed by atoms with Gasteiger partial charge in [-0.05, 0) is 19.1 Å². The lowest BCUT2D eigenvalue weighted by molar-refractivity contribution is 0.255. The molecule has 0 radical (unpaired) electrons. The average molecular weight is 261 g/mol. The van der Waals surface area contributed by atoms with Crippen molar-refractivity contribution in [1.29, 1.82) is 0 Å². The highest BCUT2D eigenvalue weighted by Gasteiger charge is 2.03. The van der Waals surface area contributed by atoms with E-state index in [2.05, 4.69) is 15.8 Å². The van der Waals surface area contributed by atoms with Crippen LogP contribution in [0.1, 0.15) is 11.3 Å². The fourth-order valence-electron chi connectivity index (χ4n) is 1.40. The Balaban J connectivity index is 1.88. The summed E-state index contributed by atoms with van der Waals surface area (Å²) in [6.07, 6.45) is 2.81. The van der Waals surface area contributed by atoms with Gasteiger partial charge in [-0.1, -0.05) is 23.4 Å². The predicted molar refractivity (Wildman–Crippen MR) is 68.8 cm³/mol. The van der Waals surface area contributed by atoms with Crippen LogP contribution >= 0.6 is 0 Å². The Kier molecular flexibility index (Phi) is 3.92. The number of carbonyl (C=O) groups excluding carboxylic acids is 1. The van der Waals surface area contributed by atoms with Gasteiger partial charge in [0.05, 0.1) is 0 Å². The Morgan fingerprint density at radius 2 is 2.21 bits per heavy atom. The van der Waals surface area contributed by atoms with E-state index in [-0.39, 0.29) is 5.82 Å². The van der Waals surface area contributed by atoms with Crippen molar-refractivity contribution in [2.24, 2.45) is 0 Å². The second kappa shape index (κ2) is 5.81. The summed E-state index contributed by atoms with van der Waals surface area (Å²) in [5.74, 6) is 0.555. The molecule has 19 heavy (non-hydrogen) atoms. The van der Waals surface area contributed by atoms with Crippen LogP contribution in [0.15, 0.2) is 41.1 Å². The van der Waals surface area contributed by atoms with Crippen LogP contribution in [0, 0.1) is 12.7 Å². The Labute approximate surface area is 109 Å². The standard InChI is InChI=1S/C13H12FN3O2/c1-9-8-12(17-19-9)16-13(18)15-7-6-10-4-2-3-5-11(10)14/h2-8H,1H3,(H2,15,16,17,18)/b7-6+. The second-order valence-electron chi connectivity index (χ2n) is 3.78. The largest absolute Gasteiger partial charge is 0.360 e. The van der Waals surface area contributed by atoms with E-state index in [0.717, 1.165) is 0 Å². The van der Waals surface area contributed by atoms with E-state index < -0.39 is 6.03 Å². The van der Waals surface area contributed by atoms with Gasteiger partial charge in [0.25, 0.3) is 0 Å². The molecular weight excluding hydrogens is 249 g/mol. The number of nitrogens with zero attached hydrogens (tertiary/aromatic N) is 1. The van der Waals surface area contributed by atoms with E-state index in [4.69, 9.17) is 4.52 Å². The Bertz CT molecular complexity index is 607. The van der Waals surface area contributed by atoms with E-state index in [9.17, 15) is 9.18 Å². The number of carbonyl (C=O) groups is 1. The van der Waals surface area contributed by atoms with Gasteiger partial charge in [0, 0.05) is 17.8 Å². The van der Waals surface area contributed by atoms with E-state index >= 15 is 0 Å². The third kappa shape index (κ3) is 3.67. The number of benzene rings is 1. The molecule has 0 fully saturated rings. The molecule has 2 N–H and O–H groups in total. The first-order valence-corrected chi connectivity index (χ1v) is 5.57. The predicted octanol–water partition coefficient (Wildman–Crippen LogP) is 2.91. The summed E-state index contributed by atoms with van der Waals surface area (Å²) in [6, 6.07) is 7.35. The highest BCUT2D eigenvalue weighted by Crippen LogP contribution is 2.08. The quantitative estimate of drug-likeness (QED) is 0.892. The smallest absolute Gasteiger partial charge is 0.324 e. The fourth-order valence-corrected chi connectivity index (χ4v) is 1.40. The molecular formula is C13H12FN3O2. The first kappa shape index (κ1) is 12.8. The van der Waals surface area contributed by atoms with Crippen LogP contribution in [0.2, 0.25) is 0 Å². The molecule has 0 aliphatic rings. The molecule has 1 aromatic carbocycles. The molecule has 0 saturated heterocycles. The SMILES string of the molecule is Cc1cc(NC(=O)N/C=C/c2ccccc2F)no1. The molecule has 98 valence electrons. The van der Waals surface area contributed by atoms with Crippen LogP contribution in [0.4, 0.5) is 15.0 Å². The number of anilines is 1. The molecule has 0 aliphatic heterocycles. The molecule has 0 aliphatic carbocycles. The molecule has 5 nitrogen and oxygen atoms in total. The zero-order valence-corrected chi connectivity index (χ0v) is 10.2. The lowest BCUT2D eigenvalue weighted by Gasteiger charge is -2.00. The maximum absolute atomic E-state index is 13.3. The summed E-state index contributed by atoms with van der Waals surface area (Å²) in [4.78, 5) is 11.4. The van der Waals surface area contributed by atoms with Gasteiger partial charge in [0.15, 0.2) is 5.82 Å². The zero-order valence-electron chi connectivity index (χ0n) is 10.2. The molecule has 0 unspecified atom stereocenters. The van der Waals surface area contributed by atoms with Gasteiger partial charge in [0.1, 0.15) is 11.6 Å². The van der Waals surface area contributed by atoms with E-state index in [0.29, 0.717) is 17.1 Å².